The molecule has 0 atom stereocenters. The number of carbonyl (C=O) groups is 2. The summed E-state index contributed by atoms with van der Waals surface area (Å²) < 4.78 is 6.25. The van der Waals surface area contributed by atoms with E-state index < -0.39 is 12.1 Å². The van der Waals surface area contributed by atoms with Gasteiger partial charge in [-0.05, 0) is 56.2 Å². The Morgan fingerprint density at radius 1 is 1.07 bits per heavy atom. The molecule has 3 aromatic rings. The second kappa shape index (κ2) is 8.67. The van der Waals surface area contributed by atoms with E-state index in [9.17, 15) is 9.59 Å². The number of hydrogen-bond acceptors (Lipinski definition) is 4. The lowest BCUT2D eigenvalue weighted by atomic mass is 9.98. The van der Waals surface area contributed by atoms with Crippen molar-refractivity contribution >= 4 is 33.8 Å². The van der Waals surface area contributed by atoms with Crippen molar-refractivity contribution in [1.82, 2.24) is 4.98 Å². The molecule has 0 aliphatic heterocycles. The van der Waals surface area contributed by atoms with Crippen LogP contribution in [-0.4, -0.2) is 28.8 Å². The lowest BCUT2D eigenvalue weighted by Crippen LogP contribution is -2.19. The number of fused-ring (bicyclic) bond motifs is 3. The Morgan fingerprint density at radius 3 is 2.33 bits per heavy atom. The van der Waals surface area contributed by atoms with Gasteiger partial charge in [-0.25, -0.2) is 9.78 Å². The van der Waals surface area contributed by atoms with E-state index in [-0.39, 0.29) is 25.4 Å². The van der Waals surface area contributed by atoms with Gasteiger partial charge in [0.2, 0.25) is 0 Å². The van der Waals surface area contributed by atoms with Gasteiger partial charge in [-0.3, -0.25) is 10.1 Å². The number of amides is 1. The minimum Gasteiger partial charge on any atom is -0.481 e. The average Bonchev–Trinajstić information content (AvgIpc) is 3.06. The van der Waals surface area contributed by atoms with Crippen LogP contribution in [0.2, 0.25) is 0 Å². The number of nitrogens with zero attached hydrogens (tertiary/aromatic N) is 1. The molecule has 0 spiro atoms. The van der Waals surface area contributed by atoms with Gasteiger partial charge in [-0.15, -0.1) is 0 Å². The van der Waals surface area contributed by atoms with Crippen molar-refractivity contribution in [2.75, 3.05) is 11.9 Å². The number of carboxylic acids is 1. The molecular formula is C23H19BrN2O4. The maximum atomic E-state index is 12.5. The maximum absolute atomic E-state index is 12.5. The Balaban J connectivity index is 1.47. The monoisotopic (exact) mass is 466 g/mol. The van der Waals surface area contributed by atoms with E-state index >= 15 is 0 Å². The van der Waals surface area contributed by atoms with Crippen molar-refractivity contribution in [3.8, 4) is 11.1 Å². The average molecular weight is 467 g/mol. The number of rotatable bonds is 6. The molecule has 30 heavy (non-hydrogen) atoms. The molecule has 0 fully saturated rings. The number of nitrogens with one attached hydrogen (secondary N) is 1. The van der Waals surface area contributed by atoms with Crippen LogP contribution >= 0.6 is 15.9 Å². The lowest BCUT2D eigenvalue weighted by Gasteiger charge is -2.15. The fourth-order valence-corrected chi connectivity index (χ4v) is 4.14. The van der Waals surface area contributed by atoms with Gasteiger partial charge >= 0.3 is 12.1 Å². The maximum Gasteiger partial charge on any atom is 0.412 e. The molecule has 1 aliphatic carbocycles. The van der Waals surface area contributed by atoms with Gasteiger partial charge in [0.15, 0.2) is 0 Å². The van der Waals surface area contributed by atoms with E-state index in [0.29, 0.717) is 15.9 Å². The van der Waals surface area contributed by atoms with Crippen LogP contribution in [0.15, 0.2) is 65.3 Å². The van der Waals surface area contributed by atoms with Crippen molar-refractivity contribution in [3.63, 3.8) is 0 Å². The number of aliphatic carboxylic acids is 1. The number of aryl methyl sites for hydroxylation is 1. The normalized spacial score (nSPS) is 12.2. The van der Waals surface area contributed by atoms with E-state index in [0.717, 1.165) is 22.3 Å². The standard InChI is InChI=1S/C23H19BrN2O4/c24-15-11-14(9-10-21(27)28)22(25-12-15)26-23(29)30-13-20-18-7-3-1-5-16(18)17-6-2-4-8-19(17)20/h1-8,11-12,20H,9-10,13H2,(H,27,28)(H,25,26,29). The van der Waals surface area contributed by atoms with Gasteiger partial charge in [0.1, 0.15) is 12.4 Å². The van der Waals surface area contributed by atoms with Gasteiger partial charge in [0.25, 0.3) is 0 Å². The Kier molecular flexibility index (Phi) is 5.81. The van der Waals surface area contributed by atoms with E-state index in [1.54, 1.807) is 12.3 Å². The van der Waals surface area contributed by atoms with Crippen molar-refractivity contribution in [2.45, 2.75) is 18.8 Å². The fraction of sp³-hybridized carbons (Fsp3) is 0.174. The Labute approximate surface area is 182 Å². The largest absolute Gasteiger partial charge is 0.481 e. The summed E-state index contributed by atoms with van der Waals surface area (Å²) in [6, 6.07) is 18.0. The van der Waals surface area contributed by atoms with Crippen LogP contribution in [-0.2, 0) is 16.0 Å². The third-order valence-corrected chi connectivity index (χ3v) is 5.54. The van der Waals surface area contributed by atoms with Crippen molar-refractivity contribution in [3.05, 3.63) is 82.0 Å². The summed E-state index contributed by atoms with van der Waals surface area (Å²) in [5.74, 6) is -0.647. The lowest BCUT2D eigenvalue weighted by molar-refractivity contribution is -0.136. The van der Waals surface area contributed by atoms with Gasteiger partial charge < -0.3 is 9.84 Å². The van der Waals surface area contributed by atoms with E-state index in [2.05, 4.69) is 50.5 Å². The number of pyridine rings is 1. The summed E-state index contributed by atoms with van der Waals surface area (Å²) in [5, 5.41) is 11.6. The number of carboxylic acid groups (broad SMARTS) is 1. The number of benzene rings is 2. The highest BCUT2D eigenvalue weighted by molar-refractivity contribution is 9.10. The first-order chi connectivity index (χ1) is 14.5. The van der Waals surface area contributed by atoms with Crippen LogP contribution in [0.25, 0.3) is 11.1 Å². The molecule has 152 valence electrons. The zero-order valence-electron chi connectivity index (χ0n) is 16.0. The zero-order valence-corrected chi connectivity index (χ0v) is 17.6. The first-order valence-electron chi connectivity index (χ1n) is 9.51. The second-order valence-corrected chi connectivity index (χ2v) is 7.92. The number of carbonyl (C=O) groups excluding carboxylic acids is 1. The Hall–Kier alpha value is -3.19. The highest BCUT2D eigenvalue weighted by Gasteiger charge is 2.29. The SMILES string of the molecule is O=C(O)CCc1cc(Br)cnc1NC(=O)OCC1c2ccccc2-c2ccccc21. The minimum absolute atomic E-state index is 0.0347. The van der Waals surface area contributed by atoms with Crippen LogP contribution in [0.3, 0.4) is 0 Å². The fourth-order valence-electron chi connectivity index (χ4n) is 3.76. The molecule has 2 N–H and O–H groups in total. The summed E-state index contributed by atoms with van der Waals surface area (Å²) in [7, 11) is 0. The van der Waals surface area contributed by atoms with Gasteiger partial charge in [-0.1, -0.05) is 48.5 Å². The number of aromatic nitrogens is 1. The number of anilines is 1. The molecule has 2 aromatic carbocycles. The summed E-state index contributed by atoms with van der Waals surface area (Å²) in [6.07, 6.45) is 1.12. The summed E-state index contributed by atoms with van der Waals surface area (Å²) >= 11 is 3.32. The predicted octanol–water partition coefficient (Wildman–Crippen LogP) is 5.22. The van der Waals surface area contributed by atoms with Crippen molar-refractivity contribution in [1.29, 1.82) is 0 Å². The van der Waals surface area contributed by atoms with E-state index in [1.807, 2.05) is 24.3 Å². The quantitative estimate of drug-likeness (QED) is 0.519. The highest BCUT2D eigenvalue weighted by Crippen LogP contribution is 2.44. The third-order valence-electron chi connectivity index (χ3n) is 5.11. The van der Waals surface area contributed by atoms with Crippen molar-refractivity contribution in [2.24, 2.45) is 0 Å². The molecule has 0 saturated carbocycles. The topological polar surface area (TPSA) is 88.5 Å². The number of ether oxygens (including phenoxy) is 1. The molecule has 1 heterocycles. The van der Waals surface area contributed by atoms with E-state index in [4.69, 9.17) is 9.84 Å². The van der Waals surface area contributed by atoms with Gasteiger partial charge in [0.05, 0.1) is 0 Å². The van der Waals surface area contributed by atoms with Gasteiger partial charge in [0, 0.05) is 23.0 Å². The molecule has 1 aliphatic rings. The Bertz CT molecular complexity index is 1070. The molecule has 4 rings (SSSR count). The van der Waals surface area contributed by atoms with Crippen molar-refractivity contribution < 1.29 is 19.4 Å². The molecule has 0 radical (unpaired) electrons. The predicted molar refractivity (Wildman–Crippen MR) is 117 cm³/mol. The van der Waals surface area contributed by atoms with Gasteiger partial charge in [-0.2, -0.15) is 0 Å². The first-order valence-corrected chi connectivity index (χ1v) is 10.3. The van der Waals surface area contributed by atoms with Crippen LogP contribution < -0.4 is 5.32 Å². The van der Waals surface area contributed by atoms with Crippen LogP contribution in [0.4, 0.5) is 10.6 Å². The molecule has 1 aromatic heterocycles. The third kappa shape index (κ3) is 4.21. The molecule has 0 saturated heterocycles. The molecule has 0 bridgehead atoms. The zero-order chi connectivity index (χ0) is 21.1. The van der Waals surface area contributed by atoms with Crippen LogP contribution in [0.1, 0.15) is 29.0 Å². The summed E-state index contributed by atoms with van der Waals surface area (Å²) in [6.45, 7) is 0.195. The molecular weight excluding hydrogens is 448 g/mol. The summed E-state index contributed by atoms with van der Waals surface area (Å²) in [4.78, 5) is 27.6. The molecule has 7 heteroatoms. The smallest absolute Gasteiger partial charge is 0.412 e. The molecule has 0 unspecified atom stereocenters. The molecule has 1 amide bonds. The van der Waals surface area contributed by atoms with Crippen LogP contribution in [0.5, 0.6) is 0 Å². The van der Waals surface area contributed by atoms with E-state index in [1.165, 1.54) is 0 Å². The number of halogens is 1. The second-order valence-electron chi connectivity index (χ2n) is 7.01. The van der Waals surface area contributed by atoms with Crippen LogP contribution in [0, 0.1) is 0 Å². The highest BCUT2D eigenvalue weighted by atomic mass is 79.9. The summed E-state index contributed by atoms with van der Waals surface area (Å²) in [5.41, 5.74) is 5.21. The number of hydrogen-bond donors (Lipinski definition) is 2. The molecule has 6 nitrogen and oxygen atoms in total. The first kappa shape index (κ1) is 20.1. The Morgan fingerprint density at radius 2 is 1.70 bits per heavy atom. The minimum atomic E-state index is -0.915.